The molecule has 3 fully saturated rings. The Kier molecular flexibility index (Phi) is 5.21. The summed E-state index contributed by atoms with van der Waals surface area (Å²) in [5, 5.41) is 0. The van der Waals surface area contributed by atoms with E-state index in [1.54, 1.807) is 4.90 Å². The maximum absolute atomic E-state index is 12.9. The van der Waals surface area contributed by atoms with Gasteiger partial charge in [-0.1, -0.05) is 13.3 Å². The van der Waals surface area contributed by atoms with Crippen LogP contribution in [0, 0.1) is 11.8 Å². The lowest BCUT2D eigenvalue weighted by Crippen LogP contribution is -2.48. The number of piperidine rings is 1. The normalized spacial score (nSPS) is 33.3. The zero-order chi connectivity index (χ0) is 16.4. The minimum absolute atomic E-state index is 0.102. The quantitative estimate of drug-likeness (QED) is 0.756. The molecule has 3 atom stereocenters. The van der Waals surface area contributed by atoms with Crippen LogP contribution in [0.25, 0.3) is 0 Å². The molecule has 0 aliphatic carbocycles. The summed E-state index contributed by atoms with van der Waals surface area (Å²) in [6, 6.07) is 0.454. The van der Waals surface area contributed by atoms with Crippen LogP contribution >= 0.6 is 0 Å². The first-order valence-electron chi connectivity index (χ1n) is 8.94. The predicted octanol–water partition coefficient (Wildman–Crippen LogP) is 0.424. The summed E-state index contributed by atoms with van der Waals surface area (Å²) < 4.78 is 5.46. The zero-order valence-electron chi connectivity index (χ0n) is 14.4. The van der Waals surface area contributed by atoms with Crippen molar-refractivity contribution in [3.8, 4) is 0 Å². The van der Waals surface area contributed by atoms with Crippen LogP contribution in [-0.2, 0) is 14.3 Å². The van der Waals surface area contributed by atoms with E-state index < -0.39 is 0 Å². The molecule has 3 rings (SSSR count). The van der Waals surface area contributed by atoms with Crippen LogP contribution in [0.15, 0.2) is 0 Å². The third-order valence-corrected chi connectivity index (χ3v) is 5.77. The highest BCUT2D eigenvalue weighted by atomic mass is 16.5. The summed E-state index contributed by atoms with van der Waals surface area (Å²) in [4.78, 5) is 31.0. The Morgan fingerprint density at radius 3 is 2.61 bits per heavy atom. The molecule has 3 saturated heterocycles. The number of carbonyl (C=O) groups is 2. The number of ether oxygens (including phenoxy) is 1. The number of likely N-dealkylation sites (tertiary alicyclic amines) is 2. The highest BCUT2D eigenvalue weighted by Gasteiger charge is 2.40. The van der Waals surface area contributed by atoms with Crippen molar-refractivity contribution in [3.63, 3.8) is 0 Å². The molecule has 6 heteroatoms. The molecule has 0 bridgehead atoms. The molecule has 2 amide bonds. The van der Waals surface area contributed by atoms with E-state index in [4.69, 9.17) is 4.74 Å². The Bertz CT molecular complexity index is 450. The Balaban J connectivity index is 1.62. The van der Waals surface area contributed by atoms with Crippen molar-refractivity contribution >= 4 is 11.8 Å². The number of morpholine rings is 1. The molecule has 0 aromatic heterocycles. The first kappa shape index (κ1) is 16.7. The molecule has 0 unspecified atom stereocenters. The van der Waals surface area contributed by atoms with Gasteiger partial charge in [-0.15, -0.1) is 0 Å². The van der Waals surface area contributed by atoms with E-state index in [9.17, 15) is 9.59 Å². The van der Waals surface area contributed by atoms with Gasteiger partial charge >= 0.3 is 0 Å². The second-order valence-electron chi connectivity index (χ2n) is 7.13. The number of hydrogen-bond donors (Lipinski definition) is 0. The fraction of sp³-hybridized carbons (Fsp3) is 0.882. The van der Waals surface area contributed by atoms with Gasteiger partial charge in [0, 0.05) is 58.2 Å². The SMILES string of the molecule is CC[C@@H]1CN(C(=O)[C@H]2CCN(C)C(=O)C2)C[C@H]1N1CCOCC1. The van der Waals surface area contributed by atoms with Gasteiger partial charge in [-0.05, 0) is 12.3 Å². The van der Waals surface area contributed by atoms with Crippen LogP contribution in [0.3, 0.4) is 0 Å². The van der Waals surface area contributed by atoms with Crippen molar-refractivity contribution in [1.29, 1.82) is 0 Å². The largest absolute Gasteiger partial charge is 0.379 e. The van der Waals surface area contributed by atoms with Gasteiger partial charge in [-0.2, -0.15) is 0 Å². The summed E-state index contributed by atoms with van der Waals surface area (Å²) in [6.07, 6.45) is 2.28. The first-order valence-corrected chi connectivity index (χ1v) is 8.94. The lowest BCUT2D eigenvalue weighted by atomic mass is 9.95. The minimum atomic E-state index is -0.111. The Labute approximate surface area is 138 Å². The van der Waals surface area contributed by atoms with E-state index in [-0.39, 0.29) is 17.7 Å². The van der Waals surface area contributed by atoms with Gasteiger partial charge < -0.3 is 14.5 Å². The van der Waals surface area contributed by atoms with Crippen molar-refractivity contribution in [3.05, 3.63) is 0 Å². The highest BCUT2D eigenvalue weighted by molar-refractivity contribution is 5.87. The average molecular weight is 323 g/mol. The predicted molar refractivity (Wildman–Crippen MR) is 86.9 cm³/mol. The molecule has 0 aromatic carbocycles. The van der Waals surface area contributed by atoms with E-state index in [0.717, 1.165) is 52.2 Å². The van der Waals surface area contributed by atoms with Crippen LogP contribution < -0.4 is 0 Å². The molecule has 130 valence electrons. The van der Waals surface area contributed by atoms with Gasteiger partial charge in [0.25, 0.3) is 0 Å². The number of carbonyl (C=O) groups excluding carboxylic acids is 2. The average Bonchev–Trinajstić information content (AvgIpc) is 3.02. The highest BCUT2D eigenvalue weighted by Crippen LogP contribution is 2.29. The van der Waals surface area contributed by atoms with E-state index in [2.05, 4.69) is 11.8 Å². The minimum Gasteiger partial charge on any atom is -0.379 e. The van der Waals surface area contributed by atoms with Crippen LogP contribution in [0.2, 0.25) is 0 Å². The summed E-state index contributed by atoms with van der Waals surface area (Å²) in [6.45, 7) is 8.11. The number of amides is 2. The summed E-state index contributed by atoms with van der Waals surface area (Å²) in [5.41, 5.74) is 0. The fourth-order valence-electron chi connectivity index (χ4n) is 4.17. The molecule has 3 aliphatic rings. The molecule has 23 heavy (non-hydrogen) atoms. The molecular formula is C17H29N3O3. The molecule has 0 radical (unpaired) electrons. The molecular weight excluding hydrogens is 294 g/mol. The van der Waals surface area contributed by atoms with Gasteiger partial charge in [-0.3, -0.25) is 14.5 Å². The van der Waals surface area contributed by atoms with Crippen molar-refractivity contribution < 1.29 is 14.3 Å². The van der Waals surface area contributed by atoms with Crippen molar-refractivity contribution in [1.82, 2.24) is 14.7 Å². The summed E-state index contributed by atoms with van der Waals surface area (Å²) >= 11 is 0. The zero-order valence-corrected chi connectivity index (χ0v) is 14.4. The third-order valence-electron chi connectivity index (χ3n) is 5.77. The van der Waals surface area contributed by atoms with Crippen molar-refractivity contribution in [2.45, 2.75) is 32.2 Å². The number of nitrogens with zero attached hydrogens (tertiary/aromatic N) is 3. The summed E-state index contributed by atoms with van der Waals surface area (Å²) in [7, 11) is 1.82. The first-order chi connectivity index (χ1) is 11.1. The Hall–Kier alpha value is -1.14. The molecule has 3 aliphatic heterocycles. The second-order valence-corrected chi connectivity index (χ2v) is 7.13. The lowest BCUT2D eigenvalue weighted by Gasteiger charge is -2.35. The van der Waals surface area contributed by atoms with Gasteiger partial charge in [0.1, 0.15) is 0 Å². The molecule has 0 N–H and O–H groups in total. The topological polar surface area (TPSA) is 53.1 Å². The van der Waals surface area contributed by atoms with E-state index in [1.165, 1.54) is 0 Å². The Morgan fingerprint density at radius 2 is 1.96 bits per heavy atom. The third kappa shape index (κ3) is 3.53. The molecule has 3 heterocycles. The number of rotatable bonds is 3. The maximum atomic E-state index is 12.9. The fourth-order valence-corrected chi connectivity index (χ4v) is 4.17. The summed E-state index contributed by atoms with van der Waals surface area (Å²) in [5.74, 6) is 0.727. The molecule has 0 aromatic rings. The number of hydrogen-bond acceptors (Lipinski definition) is 4. The second kappa shape index (κ2) is 7.18. The van der Waals surface area contributed by atoms with Crippen LogP contribution in [0.1, 0.15) is 26.2 Å². The van der Waals surface area contributed by atoms with Crippen molar-refractivity contribution in [2.75, 3.05) is 53.0 Å². The van der Waals surface area contributed by atoms with E-state index in [0.29, 0.717) is 24.9 Å². The van der Waals surface area contributed by atoms with Gasteiger partial charge in [0.05, 0.1) is 13.2 Å². The van der Waals surface area contributed by atoms with E-state index in [1.807, 2.05) is 11.9 Å². The van der Waals surface area contributed by atoms with Crippen LogP contribution in [0.5, 0.6) is 0 Å². The maximum Gasteiger partial charge on any atom is 0.226 e. The van der Waals surface area contributed by atoms with Gasteiger partial charge in [0.2, 0.25) is 11.8 Å². The van der Waals surface area contributed by atoms with Crippen molar-refractivity contribution in [2.24, 2.45) is 11.8 Å². The molecule has 6 nitrogen and oxygen atoms in total. The standard InChI is InChI=1S/C17H29N3O3/c1-3-13-11-20(12-15(13)19-6-8-23-9-7-19)17(22)14-4-5-18(2)16(21)10-14/h13-15H,3-12H2,1-2H3/t13-,14+,15-/m1/s1. The Morgan fingerprint density at radius 1 is 1.22 bits per heavy atom. The molecule has 0 saturated carbocycles. The smallest absolute Gasteiger partial charge is 0.226 e. The van der Waals surface area contributed by atoms with Crippen LogP contribution in [-0.4, -0.2) is 85.5 Å². The lowest BCUT2D eigenvalue weighted by molar-refractivity contribution is -0.143. The monoisotopic (exact) mass is 323 g/mol. The molecule has 0 spiro atoms. The van der Waals surface area contributed by atoms with Gasteiger partial charge in [-0.25, -0.2) is 0 Å². The van der Waals surface area contributed by atoms with Crippen LogP contribution in [0.4, 0.5) is 0 Å². The van der Waals surface area contributed by atoms with Gasteiger partial charge in [0.15, 0.2) is 0 Å². The van der Waals surface area contributed by atoms with E-state index >= 15 is 0 Å².